The Balaban J connectivity index is 2.07. The molecule has 21 heavy (non-hydrogen) atoms. The van der Waals surface area contributed by atoms with Crippen LogP contribution in [0.15, 0.2) is 48.8 Å². The SMILES string of the molecule is NC(=O)[C@@H](Cc1ccc(I)cc1)NC(=O)c1cccnc1. The predicted octanol–water partition coefficient (Wildman–Crippen LogP) is 1.51. The molecule has 1 aromatic heterocycles. The zero-order valence-corrected chi connectivity index (χ0v) is 13.3. The molecule has 2 aromatic rings. The number of benzene rings is 1. The minimum Gasteiger partial charge on any atom is -0.368 e. The molecule has 0 aliphatic heterocycles. The number of carbonyl (C=O) groups is 2. The van der Waals surface area contributed by atoms with E-state index in [0.29, 0.717) is 12.0 Å². The molecule has 1 atom stereocenters. The molecule has 6 heteroatoms. The monoisotopic (exact) mass is 395 g/mol. The molecule has 5 nitrogen and oxygen atoms in total. The molecule has 3 N–H and O–H groups in total. The summed E-state index contributed by atoms with van der Waals surface area (Å²) < 4.78 is 1.10. The Hall–Kier alpha value is -1.96. The number of hydrogen-bond acceptors (Lipinski definition) is 3. The van der Waals surface area contributed by atoms with E-state index in [9.17, 15) is 9.59 Å². The smallest absolute Gasteiger partial charge is 0.253 e. The number of rotatable bonds is 5. The second kappa shape index (κ2) is 7.16. The van der Waals surface area contributed by atoms with Crippen molar-refractivity contribution in [1.29, 1.82) is 0 Å². The first-order chi connectivity index (χ1) is 10.1. The molecule has 0 fully saturated rings. The number of halogens is 1. The van der Waals surface area contributed by atoms with Crippen LogP contribution in [0.4, 0.5) is 0 Å². The number of pyridine rings is 1. The summed E-state index contributed by atoms with van der Waals surface area (Å²) in [7, 11) is 0. The Kier molecular flexibility index (Phi) is 5.26. The molecule has 0 radical (unpaired) electrons. The van der Waals surface area contributed by atoms with Crippen LogP contribution < -0.4 is 11.1 Å². The summed E-state index contributed by atoms with van der Waals surface area (Å²) in [5.41, 5.74) is 6.70. The van der Waals surface area contributed by atoms with Crippen LogP contribution in [0.3, 0.4) is 0 Å². The summed E-state index contributed by atoms with van der Waals surface area (Å²) in [6.07, 6.45) is 3.38. The van der Waals surface area contributed by atoms with Crippen LogP contribution in [-0.2, 0) is 11.2 Å². The van der Waals surface area contributed by atoms with E-state index in [1.54, 1.807) is 18.3 Å². The van der Waals surface area contributed by atoms with Gasteiger partial charge >= 0.3 is 0 Å². The lowest BCUT2D eigenvalue weighted by Gasteiger charge is -2.15. The highest BCUT2D eigenvalue weighted by molar-refractivity contribution is 14.1. The van der Waals surface area contributed by atoms with E-state index >= 15 is 0 Å². The molecule has 0 aliphatic carbocycles. The van der Waals surface area contributed by atoms with Gasteiger partial charge in [0.15, 0.2) is 0 Å². The second-order valence-electron chi connectivity index (χ2n) is 4.50. The van der Waals surface area contributed by atoms with Gasteiger partial charge in [0.1, 0.15) is 6.04 Å². The first-order valence-corrected chi connectivity index (χ1v) is 7.39. The van der Waals surface area contributed by atoms with Gasteiger partial charge in [0.05, 0.1) is 5.56 Å². The van der Waals surface area contributed by atoms with Crippen molar-refractivity contribution >= 4 is 34.4 Å². The normalized spacial score (nSPS) is 11.7. The summed E-state index contributed by atoms with van der Waals surface area (Å²) in [6, 6.07) is 10.2. The van der Waals surface area contributed by atoms with E-state index in [0.717, 1.165) is 9.13 Å². The van der Waals surface area contributed by atoms with E-state index in [-0.39, 0.29) is 5.91 Å². The van der Waals surface area contributed by atoms with Crippen molar-refractivity contribution < 1.29 is 9.59 Å². The van der Waals surface area contributed by atoms with Crippen LogP contribution in [-0.4, -0.2) is 22.8 Å². The van der Waals surface area contributed by atoms with E-state index in [1.807, 2.05) is 24.3 Å². The predicted molar refractivity (Wildman–Crippen MR) is 87.5 cm³/mol. The lowest BCUT2D eigenvalue weighted by Crippen LogP contribution is -2.45. The summed E-state index contributed by atoms with van der Waals surface area (Å²) in [6.45, 7) is 0. The summed E-state index contributed by atoms with van der Waals surface area (Å²) in [5, 5.41) is 2.64. The Morgan fingerprint density at radius 3 is 2.52 bits per heavy atom. The van der Waals surface area contributed by atoms with Gasteiger partial charge in [-0.3, -0.25) is 14.6 Å². The summed E-state index contributed by atoms with van der Waals surface area (Å²) in [5.74, 6) is -0.928. The van der Waals surface area contributed by atoms with E-state index in [2.05, 4.69) is 32.9 Å². The molecule has 0 saturated heterocycles. The molecule has 0 bridgehead atoms. The van der Waals surface area contributed by atoms with Gasteiger partial charge in [-0.25, -0.2) is 0 Å². The number of aromatic nitrogens is 1. The maximum atomic E-state index is 12.0. The maximum absolute atomic E-state index is 12.0. The van der Waals surface area contributed by atoms with Crippen molar-refractivity contribution in [3.63, 3.8) is 0 Å². The minimum atomic E-state index is -0.752. The largest absolute Gasteiger partial charge is 0.368 e. The van der Waals surface area contributed by atoms with Crippen LogP contribution >= 0.6 is 22.6 Å². The fourth-order valence-electron chi connectivity index (χ4n) is 1.82. The molecular formula is C15H14IN3O2. The van der Waals surface area contributed by atoms with Gasteiger partial charge < -0.3 is 11.1 Å². The first kappa shape index (κ1) is 15.4. The Morgan fingerprint density at radius 2 is 1.95 bits per heavy atom. The quantitative estimate of drug-likeness (QED) is 0.753. The number of nitrogens with zero attached hydrogens (tertiary/aromatic N) is 1. The highest BCUT2D eigenvalue weighted by atomic mass is 127. The van der Waals surface area contributed by atoms with Gasteiger partial charge in [0.25, 0.3) is 5.91 Å². The van der Waals surface area contributed by atoms with Crippen LogP contribution in [0, 0.1) is 3.57 Å². The molecule has 108 valence electrons. The molecular weight excluding hydrogens is 381 g/mol. The van der Waals surface area contributed by atoms with Gasteiger partial charge in [-0.05, 0) is 52.4 Å². The third kappa shape index (κ3) is 4.52. The standard InChI is InChI=1S/C15H14IN3O2/c16-12-5-3-10(4-6-12)8-13(14(17)20)19-15(21)11-2-1-7-18-9-11/h1-7,9,13H,8H2,(H2,17,20)(H,19,21)/t13-/m1/s1. The Bertz CT molecular complexity index is 629. The van der Waals surface area contributed by atoms with Crippen molar-refractivity contribution in [3.05, 3.63) is 63.5 Å². The molecule has 0 spiro atoms. The third-order valence-corrected chi connectivity index (χ3v) is 3.64. The molecule has 0 aliphatic rings. The molecule has 2 amide bonds. The topological polar surface area (TPSA) is 85.1 Å². The van der Waals surface area contributed by atoms with Crippen LogP contribution in [0.1, 0.15) is 15.9 Å². The summed E-state index contributed by atoms with van der Waals surface area (Å²) >= 11 is 2.20. The number of primary amides is 1. The molecule has 0 saturated carbocycles. The maximum Gasteiger partial charge on any atom is 0.253 e. The first-order valence-electron chi connectivity index (χ1n) is 6.31. The number of hydrogen-bond donors (Lipinski definition) is 2. The van der Waals surface area contributed by atoms with Crippen molar-refractivity contribution in [2.45, 2.75) is 12.5 Å². The molecule has 1 heterocycles. The van der Waals surface area contributed by atoms with Crippen molar-refractivity contribution in [3.8, 4) is 0 Å². The van der Waals surface area contributed by atoms with Gasteiger partial charge in [0, 0.05) is 22.4 Å². The van der Waals surface area contributed by atoms with E-state index in [4.69, 9.17) is 5.73 Å². The molecule has 1 aromatic carbocycles. The fraction of sp³-hybridized carbons (Fsp3) is 0.133. The summed E-state index contributed by atoms with van der Waals surface area (Å²) in [4.78, 5) is 27.4. The highest BCUT2D eigenvalue weighted by Gasteiger charge is 2.19. The zero-order chi connectivity index (χ0) is 15.2. The lowest BCUT2D eigenvalue weighted by atomic mass is 10.1. The van der Waals surface area contributed by atoms with Crippen molar-refractivity contribution in [2.24, 2.45) is 5.73 Å². The van der Waals surface area contributed by atoms with E-state index < -0.39 is 11.9 Å². The number of nitrogens with one attached hydrogen (secondary N) is 1. The number of carbonyl (C=O) groups excluding carboxylic acids is 2. The number of amides is 2. The fourth-order valence-corrected chi connectivity index (χ4v) is 2.18. The van der Waals surface area contributed by atoms with E-state index in [1.165, 1.54) is 6.20 Å². The highest BCUT2D eigenvalue weighted by Crippen LogP contribution is 2.09. The lowest BCUT2D eigenvalue weighted by molar-refractivity contribution is -0.119. The van der Waals surface area contributed by atoms with Gasteiger partial charge in [-0.2, -0.15) is 0 Å². The van der Waals surface area contributed by atoms with Crippen LogP contribution in [0.2, 0.25) is 0 Å². The van der Waals surface area contributed by atoms with Crippen molar-refractivity contribution in [1.82, 2.24) is 10.3 Å². The average molecular weight is 395 g/mol. The average Bonchev–Trinajstić information content (AvgIpc) is 2.49. The third-order valence-electron chi connectivity index (χ3n) is 2.93. The van der Waals surface area contributed by atoms with Gasteiger partial charge in [0.2, 0.25) is 5.91 Å². The Labute approximate surface area is 136 Å². The second-order valence-corrected chi connectivity index (χ2v) is 5.75. The van der Waals surface area contributed by atoms with Gasteiger partial charge in [-0.15, -0.1) is 0 Å². The van der Waals surface area contributed by atoms with Crippen LogP contribution in [0.5, 0.6) is 0 Å². The molecule has 0 unspecified atom stereocenters. The zero-order valence-electron chi connectivity index (χ0n) is 11.1. The minimum absolute atomic E-state index is 0.359. The van der Waals surface area contributed by atoms with Gasteiger partial charge in [-0.1, -0.05) is 12.1 Å². The molecule has 2 rings (SSSR count). The van der Waals surface area contributed by atoms with Crippen LogP contribution in [0.25, 0.3) is 0 Å². The number of nitrogens with two attached hydrogens (primary N) is 1. The Morgan fingerprint density at radius 1 is 1.24 bits per heavy atom. The van der Waals surface area contributed by atoms with Crippen molar-refractivity contribution in [2.75, 3.05) is 0 Å².